The van der Waals surface area contributed by atoms with E-state index in [0.717, 1.165) is 25.9 Å². The second kappa shape index (κ2) is 9.50. The van der Waals surface area contributed by atoms with Crippen molar-refractivity contribution in [1.29, 1.82) is 0 Å². The van der Waals surface area contributed by atoms with Crippen LogP contribution in [0.5, 0.6) is 0 Å². The van der Waals surface area contributed by atoms with Gasteiger partial charge >= 0.3 is 0 Å². The predicted molar refractivity (Wildman–Crippen MR) is 95.1 cm³/mol. The van der Waals surface area contributed by atoms with E-state index in [-0.39, 0.29) is 23.9 Å². The number of carbonyl (C=O) groups is 2. The highest BCUT2D eigenvalue weighted by atomic mass is 16.5. The maximum atomic E-state index is 12.4. The molecule has 2 aliphatic rings. The summed E-state index contributed by atoms with van der Waals surface area (Å²) in [6, 6.07) is -0.0341. The van der Waals surface area contributed by atoms with Crippen molar-refractivity contribution in [2.75, 3.05) is 39.9 Å². The van der Waals surface area contributed by atoms with Crippen LogP contribution in [-0.2, 0) is 14.3 Å². The van der Waals surface area contributed by atoms with Crippen LogP contribution in [0.4, 0.5) is 0 Å². The SMILES string of the molecule is COCCNC(=O)[C@@H]1C[C@@H](O)CN1C1CCN(C(=O)CC(C)C)CC1. The van der Waals surface area contributed by atoms with Gasteiger partial charge in [-0.15, -0.1) is 0 Å². The van der Waals surface area contributed by atoms with Gasteiger partial charge in [0.05, 0.1) is 18.8 Å². The minimum atomic E-state index is -0.459. The molecule has 25 heavy (non-hydrogen) atoms. The molecule has 0 bridgehead atoms. The molecule has 2 aliphatic heterocycles. The van der Waals surface area contributed by atoms with Crippen molar-refractivity contribution in [3.63, 3.8) is 0 Å². The monoisotopic (exact) mass is 355 g/mol. The molecular formula is C18H33N3O4. The number of aliphatic hydroxyl groups excluding tert-OH is 1. The summed E-state index contributed by atoms with van der Waals surface area (Å²) < 4.78 is 4.97. The first-order chi connectivity index (χ1) is 11.9. The van der Waals surface area contributed by atoms with Crippen LogP contribution in [0.25, 0.3) is 0 Å². The first-order valence-corrected chi connectivity index (χ1v) is 9.40. The fraction of sp³-hybridized carbons (Fsp3) is 0.889. The summed E-state index contributed by atoms with van der Waals surface area (Å²) in [5, 5.41) is 12.9. The number of rotatable bonds is 7. The molecule has 0 spiro atoms. The lowest BCUT2D eigenvalue weighted by Crippen LogP contribution is -2.52. The molecule has 2 rings (SSSR count). The molecule has 2 atom stereocenters. The van der Waals surface area contributed by atoms with Crippen molar-refractivity contribution in [2.24, 2.45) is 5.92 Å². The van der Waals surface area contributed by atoms with Crippen molar-refractivity contribution in [3.05, 3.63) is 0 Å². The Morgan fingerprint density at radius 2 is 1.96 bits per heavy atom. The Morgan fingerprint density at radius 1 is 1.28 bits per heavy atom. The number of carbonyl (C=O) groups excluding carboxylic acids is 2. The summed E-state index contributed by atoms with van der Waals surface area (Å²) in [7, 11) is 1.60. The van der Waals surface area contributed by atoms with E-state index < -0.39 is 6.10 Å². The number of hydrogen-bond donors (Lipinski definition) is 2. The maximum Gasteiger partial charge on any atom is 0.237 e. The van der Waals surface area contributed by atoms with E-state index in [1.54, 1.807) is 7.11 Å². The Kier molecular flexibility index (Phi) is 7.65. The molecular weight excluding hydrogens is 322 g/mol. The van der Waals surface area contributed by atoms with Crippen LogP contribution in [0.1, 0.15) is 39.5 Å². The molecule has 7 nitrogen and oxygen atoms in total. The molecule has 2 amide bonds. The Bertz CT molecular complexity index is 450. The average molecular weight is 355 g/mol. The van der Waals surface area contributed by atoms with Crippen LogP contribution in [-0.4, -0.2) is 84.8 Å². The number of nitrogens with one attached hydrogen (secondary N) is 1. The van der Waals surface area contributed by atoms with Gasteiger partial charge in [-0.05, 0) is 25.2 Å². The van der Waals surface area contributed by atoms with Gasteiger partial charge in [-0.1, -0.05) is 13.8 Å². The largest absolute Gasteiger partial charge is 0.392 e. The molecule has 0 aromatic carbocycles. The van der Waals surface area contributed by atoms with Gasteiger partial charge in [0.1, 0.15) is 0 Å². The van der Waals surface area contributed by atoms with E-state index in [1.807, 2.05) is 4.90 Å². The number of nitrogens with zero attached hydrogens (tertiary/aromatic N) is 2. The smallest absolute Gasteiger partial charge is 0.237 e. The topological polar surface area (TPSA) is 82.1 Å². The highest BCUT2D eigenvalue weighted by Gasteiger charge is 2.40. The Balaban J connectivity index is 1.87. The van der Waals surface area contributed by atoms with E-state index in [1.165, 1.54) is 0 Å². The molecule has 0 aromatic rings. The molecule has 2 N–H and O–H groups in total. The third-order valence-corrected chi connectivity index (χ3v) is 5.09. The van der Waals surface area contributed by atoms with E-state index >= 15 is 0 Å². The number of ether oxygens (including phenoxy) is 1. The van der Waals surface area contributed by atoms with Crippen LogP contribution < -0.4 is 5.32 Å². The van der Waals surface area contributed by atoms with E-state index in [2.05, 4.69) is 24.1 Å². The lowest BCUT2D eigenvalue weighted by atomic mass is 10.0. The number of β-amino-alcohol motifs (C(OH)–C–C–N with tert-alkyl or cyclic N) is 1. The van der Waals surface area contributed by atoms with Crippen molar-refractivity contribution in [2.45, 2.75) is 57.7 Å². The van der Waals surface area contributed by atoms with Gasteiger partial charge in [-0.25, -0.2) is 0 Å². The normalized spacial score (nSPS) is 25.6. The Hall–Kier alpha value is -1.18. The van der Waals surface area contributed by atoms with E-state index in [0.29, 0.717) is 38.5 Å². The number of piperidine rings is 1. The zero-order valence-corrected chi connectivity index (χ0v) is 15.7. The van der Waals surface area contributed by atoms with Crippen LogP contribution >= 0.6 is 0 Å². The second-order valence-corrected chi connectivity index (χ2v) is 7.60. The zero-order valence-electron chi connectivity index (χ0n) is 15.7. The molecule has 2 saturated heterocycles. The van der Waals surface area contributed by atoms with Gasteiger partial charge < -0.3 is 20.1 Å². The van der Waals surface area contributed by atoms with Gasteiger partial charge in [0.25, 0.3) is 0 Å². The van der Waals surface area contributed by atoms with Crippen molar-refractivity contribution < 1.29 is 19.4 Å². The molecule has 7 heteroatoms. The van der Waals surface area contributed by atoms with Crippen LogP contribution in [0, 0.1) is 5.92 Å². The minimum absolute atomic E-state index is 0.0353. The average Bonchev–Trinajstić information content (AvgIpc) is 2.96. The summed E-state index contributed by atoms with van der Waals surface area (Å²) in [5.74, 6) is 0.565. The third-order valence-electron chi connectivity index (χ3n) is 5.09. The van der Waals surface area contributed by atoms with Crippen molar-refractivity contribution in [3.8, 4) is 0 Å². The lowest BCUT2D eigenvalue weighted by molar-refractivity contribution is -0.134. The molecule has 144 valence electrons. The van der Waals surface area contributed by atoms with Crippen molar-refractivity contribution in [1.82, 2.24) is 15.1 Å². The van der Waals surface area contributed by atoms with E-state index in [9.17, 15) is 14.7 Å². The number of methoxy groups -OCH3 is 1. The third kappa shape index (κ3) is 5.66. The van der Waals surface area contributed by atoms with Gasteiger partial charge in [0.15, 0.2) is 0 Å². The van der Waals surface area contributed by atoms with E-state index in [4.69, 9.17) is 4.74 Å². The molecule has 2 heterocycles. The maximum absolute atomic E-state index is 12.4. The summed E-state index contributed by atoms with van der Waals surface area (Å²) >= 11 is 0. The van der Waals surface area contributed by atoms with Crippen LogP contribution in [0.3, 0.4) is 0 Å². The van der Waals surface area contributed by atoms with Crippen LogP contribution in [0.15, 0.2) is 0 Å². The molecule has 0 radical (unpaired) electrons. The fourth-order valence-electron chi connectivity index (χ4n) is 3.82. The van der Waals surface area contributed by atoms with Crippen molar-refractivity contribution >= 4 is 11.8 Å². The number of aliphatic hydroxyl groups is 1. The highest BCUT2D eigenvalue weighted by molar-refractivity contribution is 5.82. The molecule has 0 aliphatic carbocycles. The fourth-order valence-corrected chi connectivity index (χ4v) is 3.82. The Morgan fingerprint density at radius 3 is 2.56 bits per heavy atom. The quantitative estimate of drug-likeness (QED) is 0.639. The number of amides is 2. The van der Waals surface area contributed by atoms with Gasteiger partial charge in [0.2, 0.25) is 11.8 Å². The molecule has 0 saturated carbocycles. The minimum Gasteiger partial charge on any atom is -0.392 e. The first kappa shape index (κ1) is 20.1. The summed E-state index contributed by atoms with van der Waals surface area (Å²) in [5.41, 5.74) is 0. The summed E-state index contributed by atoms with van der Waals surface area (Å²) in [6.07, 6.45) is 2.33. The van der Waals surface area contributed by atoms with Gasteiger partial charge in [-0.3, -0.25) is 14.5 Å². The van der Waals surface area contributed by atoms with Crippen LogP contribution in [0.2, 0.25) is 0 Å². The Labute approximate surface area is 150 Å². The summed E-state index contributed by atoms with van der Waals surface area (Å²) in [4.78, 5) is 28.7. The zero-order chi connectivity index (χ0) is 18.4. The molecule has 0 unspecified atom stereocenters. The molecule has 2 fully saturated rings. The number of hydrogen-bond acceptors (Lipinski definition) is 5. The molecule has 0 aromatic heterocycles. The number of likely N-dealkylation sites (tertiary alicyclic amines) is 2. The van der Waals surface area contributed by atoms with Gasteiger partial charge in [-0.2, -0.15) is 0 Å². The second-order valence-electron chi connectivity index (χ2n) is 7.60. The summed E-state index contributed by atoms with van der Waals surface area (Å²) in [6.45, 7) is 7.09. The van der Waals surface area contributed by atoms with Gasteiger partial charge in [0, 0.05) is 45.8 Å². The standard InChI is InChI=1S/C18H33N3O4/c1-13(2)10-17(23)20-7-4-14(5-8-20)21-12-15(22)11-16(21)18(24)19-6-9-25-3/h13-16,22H,4-12H2,1-3H3,(H,19,24)/t15-,16+/m1/s1. The highest BCUT2D eigenvalue weighted by Crippen LogP contribution is 2.27. The lowest BCUT2D eigenvalue weighted by Gasteiger charge is -2.39. The first-order valence-electron chi connectivity index (χ1n) is 9.40. The predicted octanol–water partition coefficient (Wildman–Crippen LogP) is 0.221.